The molecule has 0 amide bonds. The zero-order valence-corrected chi connectivity index (χ0v) is 10.3. The molecule has 4 nitrogen and oxygen atoms in total. The first-order chi connectivity index (χ1) is 8.27. The molecule has 2 heterocycles. The van der Waals surface area contributed by atoms with Crippen LogP contribution in [0.4, 0.5) is 0 Å². The topological polar surface area (TPSA) is 43.3 Å². The van der Waals surface area contributed by atoms with Crippen molar-refractivity contribution >= 4 is 0 Å². The zero-order chi connectivity index (χ0) is 12.1. The predicted molar refractivity (Wildman–Crippen MR) is 67.1 cm³/mol. The first-order valence-electron chi connectivity index (χ1n) is 6.28. The van der Waals surface area contributed by atoms with Crippen LogP contribution in [0.25, 0.3) is 0 Å². The summed E-state index contributed by atoms with van der Waals surface area (Å²) in [6, 6.07) is 5.61. The monoisotopic (exact) mass is 236 g/mol. The van der Waals surface area contributed by atoms with E-state index in [2.05, 4.69) is 12.2 Å². The molecule has 1 aliphatic rings. The van der Waals surface area contributed by atoms with Crippen molar-refractivity contribution in [1.82, 2.24) is 9.88 Å². The minimum absolute atomic E-state index is 0.0333. The molecule has 2 unspecified atom stereocenters. The second kappa shape index (κ2) is 5.98. The van der Waals surface area contributed by atoms with E-state index in [4.69, 9.17) is 4.74 Å². The zero-order valence-electron chi connectivity index (χ0n) is 10.3. The number of nitrogens with zero attached hydrogens (tertiary/aromatic N) is 1. The van der Waals surface area contributed by atoms with Gasteiger partial charge in [-0.1, -0.05) is 6.07 Å². The summed E-state index contributed by atoms with van der Waals surface area (Å²) in [6.07, 6.45) is 4.36. The summed E-state index contributed by atoms with van der Waals surface area (Å²) in [7, 11) is 0. The van der Waals surface area contributed by atoms with E-state index in [1.54, 1.807) is 22.9 Å². The van der Waals surface area contributed by atoms with Crippen LogP contribution in [0.15, 0.2) is 29.2 Å². The molecule has 1 saturated heterocycles. The quantitative estimate of drug-likeness (QED) is 0.848. The van der Waals surface area contributed by atoms with E-state index in [0.29, 0.717) is 19.2 Å². The van der Waals surface area contributed by atoms with Crippen molar-refractivity contribution < 1.29 is 4.74 Å². The molecule has 4 heteroatoms. The van der Waals surface area contributed by atoms with Gasteiger partial charge in [-0.05, 0) is 32.4 Å². The second-order valence-corrected chi connectivity index (χ2v) is 4.53. The van der Waals surface area contributed by atoms with Gasteiger partial charge >= 0.3 is 0 Å². The van der Waals surface area contributed by atoms with Gasteiger partial charge in [0.15, 0.2) is 0 Å². The summed E-state index contributed by atoms with van der Waals surface area (Å²) >= 11 is 0. The molecule has 0 saturated carbocycles. The van der Waals surface area contributed by atoms with Crippen LogP contribution in [0.1, 0.15) is 19.8 Å². The summed E-state index contributed by atoms with van der Waals surface area (Å²) < 4.78 is 7.51. The van der Waals surface area contributed by atoms with Crippen LogP contribution in [0, 0.1) is 0 Å². The Kier molecular flexibility index (Phi) is 4.34. The van der Waals surface area contributed by atoms with Crippen LogP contribution in [-0.2, 0) is 11.3 Å². The smallest absolute Gasteiger partial charge is 0.250 e. The molecule has 0 aromatic carbocycles. The standard InChI is InChI=1S/C13H20N2O2/c1-11-12(5-4-7-14-11)17-10-9-15-8-3-2-6-13(15)16/h2-3,6,8,11-12,14H,4-5,7,9-10H2,1H3. The fraction of sp³-hybridized carbons (Fsp3) is 0.615. The fourth-order valence-corrected chi connectivity index (χ4v) is 2.19. The van der Waals surface area contributed by atoms with Gasteiger partial charge in [0.1, 0.15) is 0 Å². The highest BCUT2D eigenvalue weighted by molar-refractivity contribution is 4.93. The van der Waals surface area contributed by atoms with Gasteiger partial charge in [-0.3, -0.25) is 4.79 Å². The summed E-state index contributed by atoms with van der Waals surface area (Å²) in [5, 5.41) is 3.40. The largest absolute Gasteiger partial charge is 0.375 e. The molecule has 1 aliphatic heterocycles. The second-order valence-electron chi connectivity index (χ2n) is 4.53. The van der Waals surface area contributed by atoms with Crippen molar-refractivity contribution in [1.29, 1.82) is 0 Å². The van der Waals surface area contributed by atoms with E-state index in [9.17, 15) is 4.79 Å². The minimum atomic E-state index is 0.0333. The number of pyridine rings is 1. The minimum Gasteiger partial charge on any atom is -0.375 e. The molecular formula is C13H20N2O2. The maximum atomic E-state index is 11.5. The van der Waals surface area contributed by atoms with Gasteiger partial charge in [0.25, 0.3) is 5.56 Å². The lowest BCUT2D eigenvalue weighted by Gasteiger charge is -2.29. The van der Waals surface area contributed by atoms with E-state index >= 15 is 0 Å². The Morgan fingerprint density at radius 1 is 1.53 bits per heavy atom. The highest BCUT2D eigenvalue weighted by Gasteiger charge is 2.20. The molecule has 1 fully saturated rings. The van der Waals surface area contributed by atoms with E-state index in [0.717, 1.165) is 13.0 Å². The average molecular weight is 236 g/mol. The lowest BCUT2D eigenvalue weighted by atomic mass is 10.0. The summed E-state index contributed by atoms with van der Waals surface area (Å²) in [4.78, 5) is 11.5. The van der Waals surface area contributed by atoms with Crippen molar-refractivity contribution in [3.63, 3.8) is 0 Å². The number of hydrogen-bond acceptors (Lipinski definition) is 3. The molecule has 2 rings (SSSR count). The molecule has 1 aromatic heterocycles. The van der Waals surface area contributed by atoms with Gasteiger partial charge in [0, 0.05) is 24.8 Å². The van der Waals surface area contributed by atoms with Crippen molar-refractivity contribution in [2.75, 3.05) is 13.2 Å². The maximum absolute atomic E-state index is 11.5. The Morgan fingerprint density at radius 3 is 3.18 bits per heavy atom. The third kappa shape index (κ3) is 3.41. The third-order valence-electron chi connectivity index (χ3n) is 3.25. The van der Waals surface area contributed by atoms with E-state index in [1.165, 1.54) is 6.42 Å². The van der Waals surface area contributed by atoms with Crippen LogP contribution < -0.4 is 10.9 Å². The molecule has 0 spiro atoms. The molecule has 2 atom stereocenters. The maximum Gasteiger partial charge on any atom is 0.250 e. The van der Waals surface area contributed by atoms with Gasteiger partial charge in [0.05, 0.1) is 12.7 Å². The van der Waals surface area contributed by atoms with Crippen molar-refractivity contribution in [2.24, 2.45) is 0 Å². The molecule has 0 aliphatic carbocycles. The first-order valence-corrected chi connectivity index (χ1v) is 6.28. The molecule has 94 valence electrons. The SMILES string of the molecule is CC1NCCCC1OCCn1ccccc1=O. The molecule has 1 N–H and O–H groups in total. The van der Waals surface area contributed by atoms with Crippen LogP contribution in [-0.4, -0.2) is 29.9 Å². The van der Waals surface area contributed by atoms with Gasteiger partial charge in [0.2, 0.25) is 0 Å². The van der Waals surface area contributed by atoms with Gasteiger partial charge in [-0.15, -0.1) is 0 Å². The number of ether oxygens (including phenoxy) is 1. The molecular weight excluding hydrogens is 216 g/mol. The van der Waals surface area contributed by atoms with Gasteiger partial charge in [-0.2, -0.15) is 0 Å². The van der Waals surface area contributed by atoms with Crippen LogP contribution in [0.2, 0.25) is 0 Å². The Bertz CT molecular complexity index is 402. The summed E-state index contributed by atoms with van der Waals surface area (Å²) in [6.45, 7) is 4.46. The molecule has 0 bridgehead atoms. The number of nitrogens with one attached hydrogen (secondary N) is 1. The highest BCUT2D eigenvalue weighted by Crippen LogP contribution is 2.11. The van der Waals surface area contributed by atoms with Crippen LogP contribution in [0.5, 0.6) is 0 Å². The summed E-state index contributed by atoms with van der Waals surface area (Å²) in [5.41, 5.74) is 0.0333. The lowest BCUT2D eigenvalue weighted by Crippen LogP contribution is -2.44. The van der Waals surface area contributed by atoms with Crippen LogP contribution >= 0.6 is 0 Å². The van der Waals surface area contributed by atoms with Gasteiger partial charge < -0.3 is 14.6 Å². The van der Waals surface area contributed by atoms with Crippen LogP contribution in [0.3, 0.4) is 0 Å². The Balaban J connectivity index is 1.79. The highest BCUT2D eigenvalue weighted by atomic mass is 16.5. The number of piperidine rings is 1. The fourth-order valence-electron chi connectivity index (χ4n) is 2.19. The van der Waals surface area contributed by atoms with E-state index in [-0.39, 0.29) is 11.7 Å². The third-order valence-corrected chi connectivity index (χ3v) is 3.25. The van der Waals surface area contributed by atoms with E-state index in [1.807, 2.05) is 6.07 Å². The Morgan fingerprint density at radius 2 is 2.41 bits per heavy atom. The normalized spacial score (nSPS) is 24.8. The number of aromatic nitrogens is 1. The van der Waals surface area contributed by atoms with E-state index < -0.39 is 0 Å². The lowest BCUT2D eigenvalue weighted by molar-refractivity contribution is 0.00847. The van der Waals surface area contributed by atoms with Gasteiger partial charge in [-0.25, -0.2) is 0 Å². The molecule has 0 radical (unpaired) electrons. The molecule has 17 heavy (non-hydrogen) atoms. The first kappa shape index (κ1) is 12.3. The number of hydrogen-bond donors (Lipinski definition) is 1. The molecule has 1 aromatic rings. The average Bonchev–Trinajstić information content (AvgIpc) is 2.34. The van der Waals surface area contributed by atoms with Crippen molar-refractivity contribution in [2.45, 2.75) is 38.5 Å². The van der Waals surface area contributed by atoms with Crippen molar-refractivity contribution in [3.8, 4) is 0 Å². The Labute approximate surface area is 102 Å². The number of rotatable bonds is 4. The Hall–Kier alpha value is -1.13. The van der Waals surface area contributed by atoms with Crippen molar-refractivity contribution in [3.05, 3.63) is 34.7 Å². The summed E-state index contributed by atoms with van der Waals surface area (Å²) in [5.74, 6) is 0. The predicted octanol–water partition coefficient (Wildman–Crippen LogP) is 1.01.